The van der Waals surface area contributed by atoms with Crippen LogP contribution >= 0.6 is 0 Å². The van der Waals surface area contributed by atoms with Crippen molar-refractivity contribution < 1.29 is 18.3 Å². The highest BCUT2D eigenvalue weighted by Crippen LogP contribution is 2.36. The zero-order chi connectivity index (χ0) is 25.1. The number of fused-ring (bicyclic) bond motifs is 1. The highest BCUT2D eigenvalue weighted by Gasteiger charge is 2.26. The van der Waals surface area contributed by atoms with Gasteiger partial charge in [-0.25, -0.2) is 4.98 Å². The van der Waals surface area contributed by atoms with Crippen molar-refractivity contribution in [2.24, 2.45) is 5.92 Å². The van der Waals surface area contributed by atoms with Gasteiger partial charge in [-0.3, -0.25) is 14.3 Å². The molecule has 1 unspecified atom stereocenters. The van der Waals surface area contributed by atoms with E-state index >= 15 is 0 Å². The number of carbonyl (C=O) groups is 1. The van der Waals surface area contributed by atoms with Gasteiger partial charge in [-0.1, -0.05) is 31.8 Å². The van der Waals surface area contributed by atoms with Crippen LogP contribution < -0.4 is 4.74 Å². The molecule has 1 aliphatic rings. The molecule has 35 heavy (non-hydrogen) atoms. The van der Waals surface area contributed by atoms with E-state index in [4.69, 9.17) is 9.72 Å². The predicted octanol–water partition coefficient (Wildman–Crippen LogP) is 4.76. The lowest BCUT2D eigenvalue weighted by atomic mass is 10.0. The van der Waals surface area contributed by atoms with Gasteiger partial charge in [0, 0.05) is 30.1 Å². The number of ether oxygens (including phenoxy) is 1. The van der Waals surface area contributed by atoms with E-state index in [0.717, 1.165) is 31.6 Å². The normalized spacial score (nSPS) is 15.2. The van der Waals surface area contributed by atoms with Crippen LogP contribution in [0.5, 0.6) is 5.75 Å². The van der Waals surface area contributed by atoms with Gasteiger partial charge < -0.3 is 9.64 Å². The third kappa shape index (κ3) is 5.07. The first-order valence-corrected chi connectivity index (χ1v) is 11.8. The SMILES string of the molecule is CCC(c1nc2ccc(C#CC3CN(CC)C3)cc2n1-c1c(C=O)cccc1OC(F)F)N(C)C. The topological polar surface area (TPSA) is 50.6 Å². The van der Waals surface area contributed by atoms with Gasteiger partial charge in [0.1, 0.15) is 11.5 Å². The smallest absolute Gasteiger partial charge is 0.387 e. The molecule has 0 N–H and O–H groups in total. The highest BCUT2D eigenvalue weighted by molar-refractivity contribution is 5.87. The number of likely N-dealkylation sites (tertiary alicyclic amines) is 1. The first-order valence-electron chi connectivity index (χ1n) is 11.8. The van der Waals surface area contributed by atoms with Gasteiger partial charge >= 0.3 is 6.61 Å². The largest absolute Gasteiger partial charge is 0.433 e. The lowest BCUT2D eigenvalue weighted by molar-refractivity contribution is -0.0498. The molecule has 8 heteroatoms. The number of benzene rings is 2. The molecular formula is C27H30F2N4O2. The van der Waals surface area contributed by atoms with Crippen LogP contribution in [0.3, 0.4) is 0 Å². The number of hydrogen-bond acceptors (Lipinski definition) is 5. The summed E-state index contributed by atoms with van der Waals surface area (Å²) in [4.78, 5) is 21.2. The summed E-state index contributed by atoms with van der Waals surface area (Å²) in [6, 6.07) is 10.2. The van der Waals surface area contributed by atoms with Gasteiger partial charge in [-0.05, 0) is 57.4 Å². The molecular weight excluding hydrogens is 450 g/mol. The number of imidazole rings is 1. The minimum Gasteiger partial charge on any atom is -0.433 e. The first-order chi connectivity index (χ1) is 16.9. The molecule has 0 aliphatic carbocycles. The molecule has 1 fully saturated rings. The van der Waals surface area contributed by atoms with Crippen molar-refractivity contribution in [2.75, 3.05) is 33.7 Å². The summed E-state index contributed by atoms with van der Waals surface area (Å²) in [5, 5.41) is 0. The highest BCUT2D eigenvalue weighted by atomic mass is 19.3. The molecule has 0 spiro atoms. The van der Waals surface area contributed by atoms with E-state index in [-0.39, 0.29) is 23.0 Å². The Bertz CT molecular complexity index is 1270. The number of carbonyl (C=O) groups excluding carboxylic acids is 1. The zero-order valence-electron chi connectivity index (χ0n) is 20.5. The molecule has 4 rings (SSSR count). The molecule has 1 saturated heterocycles. The van der Waals surface area contributed by atoms with Crippen molar-refractivity contribution in [1.29, 1.82) is 0 Å². The van der Waals surface area contributed by atoms with Crippen LogP contribution in [0.4, 0.5) is 8.78 Å². The maximum absolute atomic E-state index is 13.3. The van der Waals surface area contributed by atoms with Crippen LogP contribution in [0.1, 0.15) is 48.1 Å². The summed E-state index contributed by atoms with van der Waals surface area (Å²) in [5.41, 5.74) is 2.67. The van der Waals surface area contributed by atoms with E-state index in [9.17, 15) is 13.6 Å². The summed E-state index contributed by atoms with van der Waals surface area (Å²) in [5.74, 6) is 7.50. The summed E-state index contributed by atoms with van der Waals surface area (Å²) in [7, 11) is 3.88. The van der Waals surface area contributed by atoms with E-state index in [1.54, 1.807) is 10.6 Å². The van der Waals surface area contributed by atoms with Gasteiger partial charge in [-0.15, -0.1) is 0 Å². The molecule has 2 aromatic carbocycles. The van der Waals surface area contributed by atoms with Crippen molar-refractivity contribution >= 4 is 17.3 Å². The van der Waals surface area contributed by atoms with Gasteiger partial charge in [-0.2, -0.15) is 8.78 Å². The number of hydrogen-bond donors (Lipinski definition) is 0. The number of aromatic nitrogens is 2. The Morgan fingerprint density at radius 2 is 2.00 bits per heavy atom. The number of alkyl halides is 2. The van der Waals surface area contributed by atoms with Crippen LogP contribution in [0.2, 0.25) is 0 Å². The van der Waals surface area contributed by atoms with Crippen molar-refractivity contribution in [3.63, 3.8) is 0 Å². The van der Waals surface area contributed by atoms with E-state index < -0.39 is 6.61 Å². The number of rotatable bonds is 8. The fourth-order valence-electron chi connectivity index (χ4n) is 4.58. The van der Waals surface area contributed by atoms with Gasteiger partial charge in [0.05, 0.1) is 17.1 Å². The average molecular weight is 481 g/mol. The Hall–Kier alpha value is -3.28. The number of aldehydes is 1. The summed E-state index contributed by atoms with van der Waals surface area (Å²) in [6.45, 7) is 4.10. The Morgan fingerprint density at radius 3 is 2.63 bits per heavy atom. The summed E-state index contributed by atoms with van der Waals surface area (Å²) < 4.78 is 33.3. The second-order valence-electron chi connectivity index (χ2n) is 8.91. The van der Waals surface area contributed by atoms with E-state index in [2.05, 4.69) is 23.7 Å². The third-order valence-corrected chi connectivity index (χ3v) is 6.41. The van der Waals surface area contributed by atoms with Crippen LogP contribution in [0.15, 0.2) is 36.4 Å². The van der Waals surface area contributed by atoms with Gasteiger partial charge in [0.15, 0.2) is 12.0 Å². The van der Waals surface area contributed by atoms with Gasteiger partial charge in [0.25, 0.3) is 0 Å². The molecule has 1 atom stereocenters. The van der Waals surface area contributed by atoms with Crippen molar-refractivity contribution in [2.45, 2.75) is 32.9 Å². The van der Waals surface area contributed by atoms with Gasteiger partial charge in [0.2, 0.25) is 0 Å². The van der Waals surface area contributed by atoms with E-state index in [1.165, 1.54) is 12.1 Å². The summed E-state index contributed by atoms with van der Waals surface area (Å²) in [6.07, 6.45) is 1.38. The molecule has 1 aliphatic heterocycles. The molecule has 184 valence electrons. The van der Waals surface area contributed by atoms with E-state index in [0.29, 0.717) is 29.1 Å². The van der Waals surface area contributed by atoms with Crippen molar-refractivity contribution in [1.82, 2.24) is 19.4 Å². The van der Waals surface area contributed by atoms with E-state index in [1.807, 2.05) is 44.1 Å². The number of para-hydroxylation sites is 1. The maximum atomic E-state index is 13.3. The maximum Gasteiger partial charge on any atom is 0.387 e. The average Bonchev–Trinajstić information content (AvgIpc) is 3.15. The van der Waals surface area contributed by atoms with Crippen molar-refractivity contribution in [3.05, 3.63) is 53.3 Å². The minimum atomic E-state index is -3.03. The van der Waals surface area contributed by atoms with Crippen LogP contribution in [0, 0.1) is 17.8 Å². The standard InChI is InChI=1S/C27H30F2N4O2/c1-5-22(31(3)4)26-30-21-13-12-18(10-11-19-15-32(6-2)16-19)14-23(21)33(26)25-20(17-34)8-7-9-24(25)35-27(28)29/h7-9,12-14,17,19,22,27H,5-6,15-16H2,1-4H3. The molecule has 3 aromatic rings. The quantitative estimate of drug-likeness (QED) is 0.344. The lowest BCUT2D eigenvalue weighted by Crippen LogP contribution is -2.45. The fourth-order valence-corrected chi connectivity index (χ4v) is 4.58. The second kappa shape index (κ2) is 10.5. The van der Waals surface area contributed by atoms with Crippen LogP contribution in [-0.2, 0) is 0 Å². The summed E-state index contributed by atoms with van der Waals surface area (Å²) >= 11 is 0. The zero-order valence-corrected chi connectivity index (χ0v) is 20.5. The molecule has 2 heterocycles. The second-order valence-corrected chi connectivity index (χ2v) is 8.91. The molecule has 1 aromatic heterocycles. The Labute approximate surface area is 204 Å². The molecule has 0 saturated carbocycles. The predicted molar refractivity (Wildman–Crippen MR) is 132 cm³/mol. The first kappa shape index (κ1) is 24.8. The Balaban J connectivity index is 1.92. The molecule has 0 amide bonds. The molecule has 0 bridgehead atoms. The molecule has 0 radical (unpaired) electrons. The minimum absolute atomic E-state index is 0.0793. The number of nitrogens with zero attached hydrogens (tertiary/aromatic N) is 4. The Morgan fingerprint density at radius 1 is 1.23 bits per heavy atom. The fraction of sp³-hybridized carbons (Fsp3) is 0.407. The third-order valence-electron chi connectivity index (χ3n) is 6.41. The van der Waals surface area contributed by atoms with Crippen LogP contribution in [0.25, 0.3) is 16.7 Å². The lowest BCUT2D eigenvalue weighted by Gasteiger charge is -2.35. The monoisotopic (exact) mass is 480 g/mol. The number of halogens is 2. The molecule has 6 nitrogen and oxygen atoms in total. The van der Waals surface area contributed by atoms with Crippen molar-refractivity contribution in [3.8, 4) is 23.3 Å². The van der Waals surface area contributed by atoms with Crippen LogP contribution in [-0.4, -0.2) is 66.0 Å². The Kier molecular flexibility index (Phi) is 7.48.